The minimum absolute atomic E-state index is 0.124. The number of rotatable bonds is 6. The van der Waals surface area contributed by atoms with Crippen LogP contribution in [0.2, 0.25) is 10.0 Å². The molecule has 3 aromatic rings. The van der Waals surface area contributed by atoms with E-state index < -0.39 is 11.2 Å². The molecule has 8 heteroatoms. The lowest BCUT2D eigenvalue weighted by molar-refractivity contribution is -0.117. The largest absolute Gasteiger partial charge is 0.321 e. The van der Waals surface area contributed by atoms with Gasteiger partial charge in [0.25, 0.3) is 5.91 Å². The molecule has 2 amide bonds. The SMILES string of the molecule is CCc1ccc(N2C(=O)C(Cc3ccc(Cl)cc3Cl)S/C2=C(/C#N)C(=O)Nc2ccccc2C)cc1. The Morgan fingerprint density at radius 2 is 1.83 bits per heavy atom. The lowest BCUT2D eigenvalue weighted by atomic mass is 10.1. The standard InChI is InChI=1S/C28H23Cl2N3O2S/c1-3-18-8-12-21(13-9-18)33-27(35)25(14-19-10-11-20(29)15-23(19)30)36-28(33)22(16-31)26(34)32-24-7-5-4-6-17(24)2/h4-13,15,25H,3,14H2,1-2H3,(H,32,34)/b28-22-. The van der Waals surface area contributed by atoms with Crippen molar-refractivity contribution in [3.8, 4) is 6.07 Å². The number of nitrogens with one attached hydrogen (secondary N) is 1. The first kappa shape index (κ1) is 25.8. The van der Waals surface area contributed by atoms with Crippen molar-refractivity contribution in [3.05, 3.63) is 104 Å². The van der Waals surface area contributed by atoms with E-state index in [1.165, 1.54) is 16.7 Å². The third kappa shape index (κ3) is 5.44. The number of aryl methyl sites for hydroxylation is 2. The predicted octanol–water partition coefficient (Wildman–Crippen LogP) is 6.93. The fourth-order valence-corrected chi connectivity index (χ4v) is 5.67. The van der Waals surface area contributed by atoms with Crippen LogP contribution < -0.4 is 10.2 Å². The Balaban J connectivity index is 1.75. The average Bonchev–Trinajstić information content (AvgIpc) is 3.18. The maximum Gasteiger partial charge on any atom is 0.269 e. The van der Waals surface area contributed by atoms with E-state index in [0.29, 0.717) is 32.9 Å². The predicted molar refractivity (Wildman–Crippen MR) is 147 cm³/mol. The third-order valence-corrected chi connectivity index (χ3v) is 7.77. The Labute approximate surface area is 224 Å². The van der Waals surface area contributed by atoms with Crippen LogP contribution in [0.3, 0.4) is 0 Å². The van der Waals surface area contributed by atoms with Crippen molar-refractivity contribution in [2.24, 2.45) is 0 Å². The monoisotopic (exact) mass is 535 g/mol. The molecule has 1 fully saturated rings. The zero-order chi connectivity index (χ0) is 25.8. The molecule has 4 rings (SSSR count). The molecule has 0 bridgehead atoms. The number of benzene rings is 3. The molecule has 0 radical (unpaired) electrons. The van der Waals surface area contributed by atoms with Gasteiger partial charge in [0.1, 0.15) is 16.7 Å². The second kappa shape index (κ2) is 11.2. The lowest BCUT2D eigenvalue weighted by Crippen LogP contribution is -2.31. The molecule has 3 aromatic carbocycles. The van der Waals surface area contributed by atoms with Gasteiger partial charge < -0.3 is 5.32 Å². The van der Waals surface area contributed by atoms with Gasteiger partial charge in [0, 0.05) is 21.4 Å². The number of para-hydroxylation sites is 1. The summed E-state index contributed by atoms with van der Waals surface area (Å²) in [5.74, 6) is -0.788. The molecular weight excluding hydrogens is 513 g/mol. The zero-order valence-electron chi connectivity index (χ0n) is 19.7. The number of anilines is 2. The number of carbonyl (C=O) groups excluding carboxylic acids is 2. The summed E-state index contributed by atoms with van der Waals surface area (Å²) >= 11 is 13.6. The van der Waals surface area contributed by atoms with E-state index >= 15 is 0 Å². The number of nitriles is 1. The zero-order valence-corrected chi connectivity index (χ0v) is 22.0. The molecule has 1 aliphatic heterocycles. The van der Waals surface area contributed by atoms with Crippen molar-refractivity contribution in [2.75, 3.05) is 10.2 Å². The number of nitrogens with zero attached hydrogens (tertiary/aromatic N) is 2. The second-order valence-electron chi connectivity index (χ2n) is 8.30. The summed E-state index contributed by atoms with van der Waals surface area (Å²) in [6.45, 7) is 3.92. The highest BCUT2D eigenvalue weighted by Gasteiger charge is 2.41. The highest BCUT2D eigenvalue weighted by molar-refractivity contribution is 8.05. The second-order valence-corrected chi connectivity index (χ2v) is 10.3. The minimum Gasteiger partial charge on any atom is -0.321 e. The Hall–Kier alpha value is -3.24. The fourth-order valence-electron chi connectivity index (χ4n) is 3.89. The number of carbonyl (C=O) groups is 2. The Morgan fingerprint density at radius 3 is 2.47 bits per heavy atom. The topological polar surface area (TPSA) is 73.2 Å². The van der Waals surface area contributed by atoms with Gasteiger partial charge in [-0.3, -0.25) is 14.5 Å². The normalized spacial score (nSPS) is 16.6. The van der Waals surface area contributed by atoms with Gasteiger partial charge in [0.05, 0.1) is 5.25 Å². The van der Waals surface area contributed by atoms with E-state index in [1.807, 2.05) is 62.4 Å². The van der Waals surface area contributed by atoms with E-state index in [1.54, 1.807) is 24.3 Å². The molecular formula is C28H23Cl2N3O2S. The molecule has 0 aliphatic carbocycles. The van der Waals surface area contributed by atoms with Crippen LogP contribution in [0.4, 0.5) is 11.4 Å². The van der Waals surface area contributed by atoms with E-state index in [9.17, 15) is 14.9 Å². The Kier molecular flexibility index (Phi) is 8.05. The van der Waals surface area contributed by atoms with Crippen molar-refractivity contribution in [1.82, 2.24) is 0 Å². The molecule has 1 aliphatic rings. The molecule has 36 heavy (non-hydrogen) atoms. The summed E-state index contributed by atoms with van der Waals surface area (Å²) in [5.41, 5.74) is 3.82. The van der Waals surface area contributed by atoms with Gasteiger partial charge >= 0.3 is 0 Å². The van der Waals surface area contributed by atoms with Crippen molar-refractivity contribution < 1.29 is 9.59 Å². The number of amides is 2. The summed E-state index contributed by atoms with van der Waals surface area (Å²) in [7, 11) is 0. The molecule has 1 N–H and O–H groups in total. The van der Waals surface area contributed by atoms with Crippen LogP contribution in [0, 0.1) is 18.3 Å². The van der Waals surface area contributed by atoms with E-state index in [-0.39, 0.29) is 11.5 Å². The molecule has 1 heterocycles. The van der Waals surface area contributed by atoms with Gasteiger partial charge in [-0.15, -0.1) is 0 Å². The first-order valence-electron chi connectivity index (χ1n) is 11.4. The van der Waals surface area contributed by atoms with Gasteiger partial charge in [-0.1, -0.05) is 78.3 Å². The summed E-state index contributed by atoms with van der Waals surface area (Å²) in [5, 5.41) is 13.5. The fraction of sp³-hybridized carbons (Fsp3) is 0.179. The van der Waals surface area contributed by atoms with Crippen LogP contribution in [-0.4, -0.2) is 17.1 Å². The van der Waals surface area contributed by atoms with Crippen LogP contribution in [0.1, 0.15) is 23.6 Å². The molecule has 1 unspecified atom stereocenters. The van der Waals surface area contributed by atoms with Crippen molar-refractivity contribution in [3.63, 3.8) is 0 Å². The smallest absolute Gasteiger partial charge is 0.269 e. The summed E-state index contributed by atoms with van der Waals surface area (Å²) < 4.78 is 0. The molecule has 0 aromatic heterocycles. The van der Waals surface area contributed by atoms with Crippen molar-refractivity contribution in [1.29, 1.82) is 5.26 Å². The van der Waals surface area contributed by atoms with Crippen LogP contribution in [0.15, 0.2) is 77.3 Å². The Morgan fingerprint density at radius 1 is 1.11 bits per heavy atom. The number of hydrogen-bond acceptors (Lipinski definition) is 4. The van der Waals surface area contributed by atoms with E-state index in [0.717, 1.165) is 23.1 Å². The Bertz CT molecular complexity index is 1400. The quantitative estimate of drug-likeness (QED) is 0.274. The van der Waals surface area contributed by atoms with Gasteiger partial charge in [-0.2, -0.15) is 5.26 Å². The molecule has 0 saturated carbocycles. The van der Waals surface area contributed by atoms with Gasteiger partial charge in [0.15, 0.2) is 0 Å². The minimum atomic E-state index is -0.570. The summed E-state index contributed by atoms with van der Waals surface area (Å²) in [4.78, 5) is 28.4. The van der Waals surface area contributed by atoms with Crippen LogP contribution in [0.5, 0.6) is 0 Å². The molecule has 1 saturated heterocycles. The van der Waals surface area contributed by atoms with Gasteiger partial charge in [-0.25, -0.2) is 0 Å². The highest BCUT2D eigenvalue weighted by atomic mass is 35.5. The maximum atomic E-state index is 13.7. The van der Waals surface area contributed by atoms with E-state index in [2.05, 4.69) is 5.32 Å². The van der Waals surface area contributed by atoms with Crippen LogP contribution in [0.25, 0.3) is 0 Å². The maximum absolute atomic E-state index is 13.7. The number of halogens is 2. The average molecular weight is 536 g/mol. The number of thioether (sulfide) groups is 1. The molecule has 0 spiro atoms. The van der Waals surface area contributed by atoms with E-state index in [4.69, 9.17) is 23.2 Å². The van der Waals surface area contributed by atoms with Gasteiger partial charge in [-0.05, 0) is 66.8 Å². The first-order valence-corrected chi connectivity index (χ1v) is 13.0. The summed E-state index contributed by atoms with van der Waals surface area (Å²) in [6, 6.07) is 22.1. The number of hydrogen-bond donors (Lipinski definition) is 1. The lowest BCUT2D eigenvalue weighted by Gasteiger charge is -2.19. The third-order valence-electron chi connectivity index (χ3n) is 5.92. The molecule has 1 atom stereocenters. The first-order chi connectivity index (χ1) is 17.3. The van der Waals surface area contributed by atoms with Crippen LogP contribution in [-0.2, 0) is 22.4 Å². The molecule has 182 valence electrons. The molecule has 5 nitrogen and oxygen atoms in total. The van der Waals surface area contributed by atoms with Crippen molar-refractivity contribution >= 4 is 58.2 Å². The highest BCUT2D eigenvalue weighted by Crippen LogP contribution is 2.42. The van der Waals surface area contributed by atoms with Crippen LogP contribution >= 0.6 is 35.0 Å². The summed E-state index contributed by atoms with van der Waals surface area (Å²) in [6.07, 6.45) is 1.18. The van der Waals surface area contributed by atoms with Gasteiger partial charge in [0.2, 0.25) is 5.91 Å². The van der Waals surface area contributed by atoms with Crippen molar-refractivity contribution in [2.45, 2.75) is 31.9 Å².